The van der Waals surface area contributed by atoms with E-state index in [0.29, 0.717) is 29.7 Å². The largest absolute Gasteiger partial charge is 0.476 e. The number of hydrogen-bond donors (Lipinski definition) is 1. The molecule has 1 aromatic carbocycles. The Bertz CT molecular complexity index is 1140. The quantitative estimate of drug-likeness (QED) is 0.342. The zero-order valence-electron chi connectivity index (χ0n) is 22.5. The summed E-state index contributed by atoms with van der Waals surface area (Å²) in [4.78, 5) is 29.9. The molecule has 2 aromatic rings. The number of amides is 1. The Morgan fingerprint density at radius 2 is 1.84 bits per heavy atom. The number of halogens is 2. The van der Waals surface area contributed by atoms with Gasteiger partial charge >= 0.3 is 5.97 Å². The Morgan fingerprint density at radius 1 is 1.16 bits per heavy atom. The molecule has 202 valence electrons. The van der Waals surface area contributed by atoms with Gasteiger partial charge in [0.05, 0.1) is 18.4 Å². The van der Waals surface area contributed by atoms with Crippen LogP contribution in [0, 0.1) is 17.7 Å². The first-order chi connectivity index (χ1) is 17.2. The summed E-state index contributed by atoms with van der Waals surface area (Å²) in [6.45, 7) is 13.3. The van der Waals surface area contributed by atoms with Crippen molar-refractivity contribution in [1.82, 2.24) is 10.3 Å². The molecule has 0 saturated heterocycles. The van der Waals surface area contributed by atoms with Gasteiger partial charge in [0.1, 0.15) is 34.0 Å². The van der Waals surface area contributed by atoms with Gasteiger partial charge in [0.15, 0.2) is 0 Å². The van der Waals surface area contributed by atoms with Gasteiger partial charge in [0, 0.05) is 12.1 Å². The van der Waals surface area contributed by atoms with Gasteiger partial charge in [-0.25, -0.2) is 14.2 Å². The van der Waals surface area contributed by atoms with Crippen LogP contribution < -0.4 is 14.8 Å². The SMILES string of the molecule is CC(C)COc1ncc(Oc2cc(F)c(C(=O)N[C@H](C(=O)OC(C)(C)C)C(C)C)cc2C2CC2)cc1Cl. The van der Waals surface area contributed by atoms with Crippen LogP contribution in [-0.4, -0.2) is 35.1 Å². The van der Waals surface area contributed by atoms with Crippen molar-refractivity contribution >= 4 is 23.5 Å². The molecule has 3 rings (SSSR count). The number of rotatable bonds is 10. The van der Waals surface area contributed by atoms with Gasteiger partial charge in [-0.2, -0.15) is 0 Å². The number of hydrogen-bond acceptors (Lipinski definition) is 6. The van der Waals surface area contributed by atoms with Crippen LogP contribution in [0.15, 0.2) is 24.4 Å². The van der Waals surface area contributed by atoms with Gasteiger partial charge in [-0.3, -0.25) is 4.79 Å². The summed E-state index contributed by atoms with van der Waals surface area (Å²) in [6, 6.07) is 3.33. The number of nitrogens with zero attached hydrogens (tertiary/aromatic N) is 1. The summed E-state index contributed by atoms with van der Waals surface area (Å²) in [6.07, 6.45) is 3.26. The number of ether oxygens (including phenoxy) is 3. The van der Waals surface area contributed by atoms with E-state index < -0.39 is 29.3 Å². The molecular weight excluding hydrogens is 499 g/mol. The minimum atomic E-state index is -0.920. The first kappa shape index (κ1) is 28.7. The normalized spacial score (nSPS) is 14.5. The summed E-state index contributed by atoms with van der Waals surface area (Å²) < 4.78 is 32.2. The van der Waals surface area contributed by atoms with Crippen LogP contribution in [0.3, 0.4) is 0 Å². The van der Waals surface area contributed by atoms with E-state index in [1.165, 1.54) is 18.3 Å². The first-order valence-electron chi connectivity index (χ1n) is 12.6. The fourth-order valence-corrected chi connectivity index (χ4v) is 3.78. The summed E-state index contributed by atoms with van der Waals surface area (Å²) in [5, 5.41) is 2.93. The van der Waals surface area contributed by atoms with E-state index in [9.17, 15) is 9.59 Å². The lowest BCUT2D eigenvalue weighted by atomic mass is 10.0. The van der Waals surface area contributed by atoms with Gasteiger partial charge in [0.2, 0.25) is 5.88 Å². The smallest absolute Gasteiger partial charge is 0.329 e. The minimum Gasteiger partial charge on any atom is -0.476 e. The van der Waals surface area contributed by atoms with E-state index in [1.807, 2.05) is 13.8 Å². The van der Waals surface area contributed by atoms with Gasteiger partial charge in [-0.05, 0) is 63.0 Å². The molecular formula is C28H36ClFN2O5. The molecule has 1 amide bonds. The molecule has 0 radical (unpaired) electrons. The number of carbonyl (C=O) groups is 2. The Kier molecular flexibility index (Phi) is 9.05. The molecule has 0 spiro atoms. The molecule has 1 aliphatic rings. The van der Waals surface area contributed by atoms with Crippen LogP contribution in [0.5, 0.6) is 17.4 Å². The molecule has 1 heterocycles. The van der Waals surface area contributed by atoms with Crippen molar-refractivity contribution in [2.75, 3.05) is 6.61 Å². The second kappa shape index (κ2) is 11.7. The number of carbonyl (C=O) groups excluding carboxylic acids is 2. The second-order valence-corrected chi connectivity index (χ2v) is 11.5. The maximum atomic E-state index is 15.2. The fourth-order valence-electron chi connectivity index (χ4n) is 3.57. The highest BCUT2D eigenvalue weighted by Gasteiger charge is 2.33. The lowest BCUT2D eigenvalue weighted by Crippen LogP contribution is -2.47. The monoisotopic (exact) mass is 534 g/mol. The average Bonchev–Trinajstić information content (AvgIpc) is 3.60. The zero-order valence-corrected chi connectivity index (χ0v) is 23.2. The minimum absolute atomic E-state index is 0.144. The summed E-state index contributed by atoms with van der Waals surface area (Å²) in [7, 11) is 0. The highest BCUT2D eigenvalue weighted by molar-refractivity contribution is 6.31. The van der Waals surface area contributed by atoms with Crippen molar-refractivity contribution < 1.29 is 28.2 Å². The Morgan fingerprint density at radius 3 is 2.38 bits per heavy atom. The van der Waals surface area contributed by atoms with Crippen LogP contribution in [0.4, 0.5) is 4.39 Å². The van der Waals surface area contributed by atoms with Crippen LogP contribution in [0.2, 0.25) is 5.02 Å². The lowest BCUT2D eigenvalue weighted by molar-refractivity contribution is -0.158. The van der Waals surface area contributed by atoms with E-state index in [2.05, 4.69) is 10.3 Å². The maximum absolute atomic E-state index is 15.2. The highest BCUT2D eigenvalue weighted by Crippen LogP contribution is 2.46. The van der Waals surface area contributed by atoms with E-state index >= 15 is 4.39 Å². The van der Waals surface area contributed by atoms with E-state index in [1.54, 1.807) is 40.7 Å². The van der Waals surface area contributed by atoms with Gasteiger partial charge in [0.25, 0.3) is 5.91 Å². The Hall–Kier alpha value is -2.87. The molecule has 1 atom stereocenters. The topological polar surface area (TPSA) is 86.8 Å². The number of pyridine rings is 1. The number of esters is 1. The summed E-state index contributed by atoms with van der Waals surface area (Å²) in [5.74, 6) is -0.900. The van der Waals surface area contributed by atoms with Crippen molar-refractivity contribution in [3.05, 3.63) is 46.4 Å². The molecule has 0 bridgehead atoms. The maximum Gasteiger partial charge on any atom is 0.329 e. The molecule has 1 aliphatic carbocycles. The number of aromatic nitrogens is 1. The highest BCUT2D eigenvalue weighted by atomic mass is 35.5. The summed E-state index contributed by atoms with van der Waals surface area (Å²) >= 11 is 6.30. The summed E-state index contributed by atoms with van der Waals surface area (Å²) in [5.41, 5.74) is -0.160. The third kappa shape index (κ3) is 8.06. The Labute approximate surface area is 223 Å². The predicted octanol–water partition coefficient (Wildman–Crippen LogP) is 6.67. The molecule has 1 saturated carbocycles. The predicted molar refractivity (Wildman–Crippen MR) is 140 cm³/mol. The van der Waals surface area contributed by atoms with Crippen LogP contribution in [-0.2, 0) is 9.53 Å². The lowest BCUT2D eigenvalue weighted by Gasteiger charge is -2.26. The molecule has 0 unspecified atom stereocenters. The van der Waals surface area contributed by atoms with Gasteiger partial charge in [-0.1, -0.05) is 39.3 Å². The molecule has 9 heteroatoms. The molecule has 7 nitrogen and oxygen atoms in total. The molecule has 1 N–H and O–H groups in total. The van der Waals surface area contributed by atoms with E-state index in [0.717, 1.165) is 12.8 Å². The van der Waals surface area contributed by atoms with E-state index in [-0.39, 0.29) is 28.2 Å². The fraction of sp³-hybridized carbons (Fsp3) is 0.536. The molecule has 1 aromatic heterocycles. The van der Waals surface area contributed by atoms with Crippen LogP contribution in [0.1, 0.15) is 83.1 Å². The number of nitrogens with one attached hydrogen (secondary N) is 1. The van der Waals surface area contributed by atoms with Crippen molar-refractivity contribution in [2.45, 2.75) is 78.9 Å². The zero-order chi connectivity index (χ0) is 27.5. The first-order valence-corrected chi connectivity index (χ1v) is 13.0. The van der Waals surface area contributed by atoms with Crippen LogP contribution >= 0.6 is 11.6 Å². The number of benzene rings is 1. The van der Waals surface area contributed by atoms with Gasteiger partial charge < -0.3 is 19.5 Å². The third-order valence-electron chi connectivity index (χ3n) is 5.54. The molecule has 37 heavy (non-hydrogen) atoms. The van der Waals surface area contributed by atoms with Gasteiger partial charge in [-0.15, -0.1) is 0 Å². The molecule has 0 aliphatic heterocycles. The third-order valence-corrected chi connectivity index (χ3v) is 5.81. The Balaban J connectivity index is 1.82. The van der Waals surface area contributed by atoms with Crippen LogP contribution in [0.25, 0.3) is 0 Å². The standard InChI is InChI=1S/C28H36ClFN2O5/c1-15(2)14-35-26-21(29)10-18(13-31-26)36-23-12-22(30)20(11-19(23)17-8-9-17)25(33)32-24(16(3)4)27(34)37-28(5,6)7/h10-13,15-17,24H,8-9,14H2,1-7H3,(H,32,33)/t24-/m0/s1. The van der Waals surface area contributed by atoms with Crippen molar-refractivity contribution in [1.29, 1.82) is 0 Å². The van der Waals surface area contributed by atoms with Crippen molar-refractivity contribution in [3.8, 4) is 17.4 Å². The van der Waals surface area contributed by atoms with E-state index in [4.69, 9.17) is 25.8 Å². The van der Waals surface area contributed by atoms with Crippen molar-refractivity contribution in [3.63, 3.8) is 0 Å². The second-order valence-electron chi connectivity index (χ2n) is 11.1. The van der Waals surface area contributed by atoms with Crippen molar-refractivity contribution in [2.24, 2.45) is 11.8 Å². The average molecular weight is 535 g/mol. The molecule has 1 fully saturated rings.